The van der Waals surface area contributed by atoms with E-state index in [1.807, 2.05) is 29.2 Å². The molecule has 3 aromatic rings. The zero-order valence-electron chi connectivity index (χ0n) is 18.2. The zero-order valence-corrected chi connectivity index (χ0v) is 18.2. The van der Waals surface area contributed by atoms with Gasteiger partial charge in [0.05, 0.1) is 17.6 Å². The largest absolute Gasteiger partial charge is 0.314 e. The van der Waals surface area contributed by atoms with E-state index in [0.717, 1.165) is 42.9 Å². The normalized spacial score (nSPS) is 23.2. The molecule has 0 spiro atoms. The molecule has 2 aliphatic rings. The molecule has 1 aromatic carbocycles. The molecule has 160 valence electrons. The predicted molar refractivity (Wildman–Crippen MR) is 121 cm³/mol. The first-order valence-corrected chi connectivity index (χ1v) is 11.2. The summed E-state index contributed by atoms with van der Waals surface area (Å²) in [5.41, 5.74) is 6.14. The fourth-order valence-electron chi connectivity index (χ4n) is 5.58. The van der Waals surface area contributed by atoms with Crippen molar-refractivity contribution >= 4 is 6.08 Å². The number of aromatic nitrogens is 3. The van der Waals surface area contributed by atoms with Crippen molar-refractivity contribution in [3.63, 3.8) is 0 Å². The van der Waals surface area contributed by atoms with Gasteiger partial charge in [0.25, 0.3) is 0 Å². The second kappa shape index (κ2) is 8.04. The second-order valence-electron chi connectivity index (χ2n) is 9.17. The Bertz CT molecular complexity index is 1090. The monoisotopic (exact) mass is 416 g/mol. The topological polar surface area (TPSA) is 42.7 Å². The van der Waals surface area contributed by atoms with Crippen molar-refractivity contribution < 1.29 is 4.39 Å². The standard InChI is InChI=1S/C26H29FN4/c1-18(28-14-12-22-5-3-4-13-29-22)24-11-6-20-15-25-19(16-26(20,24)2)17-30-31(25)23-9-7-21(27)8-10-23/h3-5,7-10,13,15,17-18,24,28H,6,11-12,14,16H2,1-2H3/t18?,24-,26+/m1/s1. The van der Waals surface area contributed by atoms with Crippen LogP contribution in [0.5, 0.6) is 0 Å². The van der Waals surface area contributed by atoms with Gasteiger partial charge >= 0.3 is 0 Å². The first-order chi connectivity index (χ1) is 15.0. The average Bonchev–Trinajstić information content (AvgIpc) is 3.32. The number of halogens is 1. The van der Waals surface area contributed by atoms with Crippen molar-refractivity contribution in [1.29, 1.82) is 0 Å². The molecule has 31 heavy (non-hydrogen) atoms. The maximum Gasteiger partial charge on any atom is 0.123 e. The summed E-state index contributed by atoms with van der Waals surface area (Å²) in [6.07, 6.45) is 10.5. The van der Waals surface area contributed by atoms with E-state index in [0.29, 0.717) is 12.0 Å². The van der Waals surface area contributed by atoms with E-state index in [9.17, 15) is 4.39 Å². The molecule has 1 N–H and O–H groups in total. The van der Waals surface area contributed by atoms with Crippen LogP contribution < -0.4 is 5.32 Å². The predicted octanol–water partition coefficient (Wildman–Crippen LogP) is 4.98. The van der Waals surface area contributed by atoms with Crippen LogP contribution in [0.3, 0.4) is 0 Å². The molecule has 0 radical (unpaired) electrons. The van der Waals surface area contributed by atoms with Gasteiger partial charge in [-0.15, -0.1) is 0 Å². The van der Waals surface area contributed by atoms with Crippen molar-refractivity contribution in [1.82, 2.24) is 20.1 Å². The quantitative estimate of drug-likeness (QED) is 0.616. The van der Waals surface area contributed by atoms with Gasteiger partial charge < -0.3 is 5.32 Å². The molecular formula is C26H29FN4. The van der Waals surface area contributed by atoms with E-state index < -0.39 is 0 Å². The summed E-state index contributed by atoms with van der Waals surface area (Å²) in [6, 6.07) is 13.1. The summed E-state index contributed by atoms with van der Waals surface area (Å²) < 4.78 is 15.3. The van der Waals surface area contributed by atoms with Crippen molar-refractivity contribution in [2.45, 2.75) is 45.6 Å². The summed E-state index contributed by atoms with van der Waals surface area (Å²) in [4.78, 5) is 4.43. The molecule has 0 amide bonds. The Kier molecular flexibility index (Phi) is 5.22. The number of benzene rings is 1. The van der Waals surface area contributed by atoms with Crippen LogP contribution in [-0.2, 0) is 12.8 Å². The van der Waals surface area contributed by atoms with Gasteiger partial charge in [-0.2, -0.15) is 5.10 Å². The Morgan fingerprint density at radius 3 is 2.84 bits per heavy atom. The molecule has 4 nitrogen and oxygen atoms in total. The minimum atomic E-state index is -0.223. The summed E-state index contributed by atoms with van der Waals surface area (Å²) in [5.74, 6) is 0.365. The number of hydrogen-bond donors (Lipinski definition) is 1. The molecule has 2 aromatic heterocycles. The van der Waals surface area contributed by atoms with Gasteiger partial charge in [0.1, 0.15) is 5.82 Å². The Morgan fingerprint density at radius 2 is 2.06 bits per heavy atom. The first kappa shape index (κ1) is 20.1. The lowest BCUT2D eigenvalue weighted by Crippen LogP contribution is -2.42. The highest BCUT2D eigenvalue weighted by Gasteiger charge is 2.47. The van der Waals surface area contributed by atoms with Crippen LogP contribution in [0.1, 0.15) is 43.6 Å². The van der Waals surface area contributed by atoms with E-state index in [1.54, 1.807) is 12.1 Å². The maximum atomic E-state index is 13.3. The Balaban J connectivity index is 1.32. The fraction of sp³-hybridized carbons (Fsp3) is 0.385. The molecule has 0 bridgehead atoms. The Hall–Kier alpha value is -2.79. The highest BCUT2D eigenvalue weighted by atomic mass is 19.1. The molecule has 5 heteroatoms. The first-order valence-electron chi connectivity index (χ1n) is 11.2. The SMILES string of the molecule is CC(NCCc1ccccn1)[C@H]1CCC2=Cc3c(cnn3-c3ccc(F)cc3)C[C@@]21C. The van der Waals surface area contributed by atoms with Gasteiger partial charge in [-0.25, -0.2) is 9.07 Å². The van der Waals surface area contributed by atoms with Crippen LogP contribution >= 0.6 is 0 Å². The van der Waals surface area contributed by atoms with E-state index in [2.05, 4.69) is 41.4 Å². The third-order valence-corrected chi connectivity index (χ3v) is 7.28. The maximum absolute atomic E-state index is 13.3. The third kappa shape index (κ3) is 3.72. The highest BCUT2D eigenvalue weighted by Crippen LogP contribution is 2.54. The minimum absolute atomic E-state index is 0.154. The average molecular weight is 417 g/mol. The molecule has 2 aliphatic carbocycles. The van der Waals surface area contributed by atoms with Crippen LogP contribution in [-0.4, -0.2) is 27.4 Å². The molecule has 3 atom stereocenters. The number of rotatable bonds is 6. The molecule has 1 unspecified atom stereocenters. The molecule has 2 heterocycles. The third-order valence-electron chi connectivity index (χ3n) is 7.28. The number of nitrogens with one attached hydrogen (secondary N) is 1. The summed E-state index contributed by atoms with van der Waals surface area (Å²) in [6.45, 7) is 5.69. The zero-order chi connectivity index (χ0) is 21.4. The summed E-state index contributed by atoms with van der Waals surface area (Å²) in [5, 5.41) is 8.40. The van der Waals surface area contributed by atoms with Gasteiger partial charge in [-0.05, 0) is 85.6 Å². The van der Waals surface area contributed by atoms with Crippen LogP contribution in [0.15, 0.2) is 60.4 Å². The van der Waals surface area contributed by atoms with Crippen LogP contribution in [0.4, 0.5) is 4.39 Å². The van der Waals surface area contributed by atoms with Crippen molar-refractivity contribution in [3.8, 4) is 5.69 Å². The van der Waals surface area contributed by atoms with Crippen LogP contribution in [0, 0.1) is 17.2 Å². The number of hydrogen-bond acceptors (Lipinski definition) is 3. The van der Waals surface area contributed by atoms with Gasteiger partial charge in [-0.3, -0.25) is 4.98 Å². The lowest BCUT2D eigenvalue weighted by molar-refractivity contribution is 0.214. The molecule has 0 aliphatic heterocycles. The van der Waals surface area contributed by atoms with E-state index in [1.165, 1.54) is 29.7 Å². The van der Waals surface area contributed by atoms with E-state index >= 15 is 0 Å². The Morgan fingerprint density at radius 1 is 1.23 bits per heavy atom. The van der Waals surface area contributed by atoms with Gasteiger partial charge in [0.15, 0.2) is 0 Å². The highest BCUT2D eigenvalue weighted by molar-refractivity contribution is 5.62. The molecular weight excluding hydrogens is 387 g/mol. The van der Waals surface area contributed by atoms with Crippen LogP contribution in [0.2, 0.25) is 0 Å². The van der Waals surface area contributed by atoms with Gasteiger partial charge in [-0.1, -0.05) is 18.6 Å². The molecule has 1 fully saturated rings. The summed E-state index contributed by atoms with van der Waals surface area (Å²) >= 11 is 0. The number of fused-ring (bicyclic) bond motifs is 2. The van der Waals surface area contributed by atoms with Crippen LogP contribution in [0.25, 0.3) is 11.8 Å². The molecule has 1 saturated carbocycles. The van der Waals surface area contributed by atoms with Gasteiger partial charge in [0.2, 0.25) is 0 Å². The number of allylic oxidation sites excluding steroid dienone is 1. The lowest BCUT2D eigenvalue weighted by Gasteiger charge is -2.39. The molecule has 5 rings (SSSR count). The Labute approximate surface area is 183 Å². The van der Waals surface area contributed by atoms with E-state index in [-0.39, 0.29) is 11.2 Å². The van der Waals surface area contributed by atoms with Gasteiger partial charge in [0, 0.05) is 30.9 Å². The van der Waals surface area contributed by atoms with Crippen molar-refractivity contribution in [3.05, 3.63) is 83.2 Å². The number of nitrogens with zero attached hydrogens (tertiary/aromatic N) is 3. The number of pyridine rings is 1. The smallest absolute Gasteiger partial charge is 0.123 e. The van der Waals surface area contributed by atoms with Crippen molar-refractivity contribution in [2.75, 3.05) is 6.54 Å². The molecule has 0 saturated heterocycles. The van der Waals surface area contributed by atoms with E-state index in [4.69, 9.17) is 0 Å². The van der Waals surface area contributed by atoms with Crippen molar-refractivity contribution in [2.24, 2.45) is 11.3 Å². The minimum Gasteiger partial charge on any atom is -0.314 e. The second-order valence-corrected chi connectivity index (χ2v) is 9.17. The lowest BCUT2D eigenvalue weighted by atomic mass is 9.68. The fourth-order valence-corrected chi connectivity index (χ4v) is 5.58. The summed E-state index contributed by atoms with van der Waals surface area (Å²) in [7, 11) is 0.